The van der Waals surface area contributed by atoms with Gasteiger partial charge in [-0.05, 0) is 34.9 Å². The van der Waals surface area contributed by atoms with Gasteiger partial charge in [0.25, 0.3) is 0 Å². The summed E-state index contributed by atoms with van der Waals surface area (Å²) in [7, 11) is 0. The number of morpholine rings is 1. The van der Waals surface area contributed by atoms with Crippen molar-refractivity contribution < 1.29 is 17.9 Å². The Labute approximate surface area is 207 Å². The van der Waals surface area contributed by atoms with Crippen molar-refractivity contribution in [1.29, 1.82) is 0 Å². The van der Waals surface area contributed by atoms with Crippen molar-refractivity contribution in [3.05, 3.63) is 95.2 Å². The maximum Gasteiger partial charge on any atom is 0.416 e. The molecule has 0 aliphatic carbocycles. The highest BCUT2D eigenvalue weighted by molar-refractivity contribution is 7.80. The van der Waals surface area contributed by atoms with Gasteiger partial charge in [-0.1, -0.05) is 30.3 Å². The second-order valence-electron chi connectivity index (χ2n) is 8.70. The number of nitrogens with zero attached hydrogens (tertiary/aromatic N) is 4. The van der Waals surface area contributed by atoms with Crippen molar-refractivity contribution in [2.24, 2.45) is 0 Å². The number of hydrogen-bond acceptors (Lipinski definition) is 5. The van der Waals surface area contributed by atoms with E-state index in [1.165, 1.54) is 12.3 Å². The molecule has 0 spiro atoms. The zero-order valence-electron chi connectivity index (χ0n) is 18.9. The third kappa shape index (κ3) is 5.52. The first-order valence-electron chi connectivity index (χ1n) is 11.4. The highest BCUT2D eigenvalue weighted by Gasteiger charge is 2.30. The number of halogens is 3. The van der Waals surface area contributed by atoms with Gasteiger partial charge in [-0.2, -0.15) is 25.8 Å². The molecule has 2 aromatic heterocycles. The maximum atomic E-state index is 13.1. The van der Waals surface area contributed by atoms with Gasteiger partial charge in [0, 0.05) is 44.0 Å². The molecule has 2 aromatic carbocycles. The molecule has 4 aromatic rings. The Morgan fingerprint density at radius 1 is 0.971 bits per heavy atom. The number of imidazole rings is 1. The number of aromatic nitrogens is 3. The van der Waals surface area contributed by atoms with Gasteiger partial charge in [0.1, 0.15) is 0 Å². The Morgan fingerprint density at radius 3 is 2.49 bits per heavy atom. The molecule has 1 atom stereocenters. The second kappa shape index (κ2) is 10.0. The molecule has 1 fully saturated rings. The summed E-state index contributed by atoms with van der Waals surface area (Å²) in [5, 5.41) is 0.371. The molecule has 182 valence electrons. The molecule has 5 rings (SSSR count). The molecule has 35 heavy (non-hydrogen) atoms. The van der Waals surface area contributed by atoms with Crippen LogP contribution in [0, 0.1) is 0 Å². The van der Waals surface area contributed by atoms with E-state index in [0.717, 1.165) is 67.4 Å². The summed E-state index contributed by atoms with van der Waals surface area (Å²) in [6.45, 7) is 4.91. The molecular formula is C26H25F3N4OS. The van der Waals surface area contributed by atoms with Crippen molar-refractivity contribution in [3.63, 3.8) is 0 Å². The normalized spacial score (nSPS) is 16.0. The number of hydrogen-bond donors (Lipinski definition) is 1. The molecular weight excluding hydrogens is 473 g/mol. The van der Waals surface area contributed by atoms with E-state index in [2.05, 4.69) is 25.6 Å². The first-order valence-corrected chi connectivity index (χ1v) is 11.9. The van der Waals surface area contributed by atoms with Crippen LogP contribution in [0.25, 0.3) is 10.9 Å². The van der Waals surface area contributed by atoms with Crippen LogP contribution in [0.5, 0.6) is 0 Å². The van der Waals surface area contributed by atoms with Crippen LogP contribution in [-0.4, -0.2) is 45.7 Å². The summed E-state index contributed by atoms with van der Waals surface area (Å²) in [6.07, 6.45) is 1.05. The van der Waals surface area contributed by atoms with Crippen LogP contribution in [0.3, 0.4) is 0 Å². The molecule has 0 radical (unpaired) electrons. The number of fused-ring (bicyclic) bond motifs is 1. The number of rotatable bonds is 6. The van der Waals surface area contributed by atoms with Crippen LogP contribution in [0.2, 0.25) is 0 Å². The van der Waals surface area contributed by atoms with Crippen molar-refractivity contribution >= 4 is 23.5 Å². The smallest absolute Gasteiger partial charge is 0.379 e. The molecule has 0 saturated carbocycles. The monoisotopic (exact) mass is 498 g/mol. The zero-order valence-corrected chi connectivity index (χ0v) is 19.8. The molecule has 1 saturated heterocycles. The molecule has 0 bridgehead atoms. The Bertz CT molecular complexity index is 1300. The molecule has 1 aliphatic rings. The van der Waals surface area contributed by atoms with Gasteiger partial charge < -0.3 is 9.30 Å². The first kappa shape index (κ1) is 23.8. The first-order chi connectivity index (χ1) is 16.9. The third-order valence-corrected chi connectivity index (χ3v) is 6.81. The van der Waals surface area contributed by atoms with Gasteiger partial charge in [0.2, 0.25) is 0 Å². The molecule has 3 heterocycles. The lowest BCUT2D eigenvalue weighted by molar-refractivity contribution is -0.137. The van der Waals surface area contributed by atoms with Crippen molar-refractivity contribution in [2.45, 2.75) is 24.5 Å². The third-order valence-electron chi connectivity index (χ3n) is 6.23. The summed E-state index contributed by atoms with van der Waals surface area (Å²) in [5.41, 5.74) is 3.55. The van der Waals surface area contributed by atoms with Crippen LogP contribution >= 0.6 is 12.6 Å². The molecule has 1 unspecified atom stereocenters. The number of ether oxygens (including phenoxy) is 1. The van der Waals surface area contributed by atoms with Crippen LogP contribution in [-0.2, 0) is 24.0 Å². The largest absolute Gasteiger partial charge is 0.416 e. The molecule has 0 amide bonds. The van der Waals surface area contributed by atoms with E-state index in [0.29, 0.717) is 17.4 Å². The van der Waals surface area contributed by atoms with Crippen LogP contribution < -0.4 is 0 Å². The van der Waals surface area contributed by atoms with Crippen molar-refractivity contribution in [1.82, 2.24) is 19.4 Å². The predicted molar refractivity (Wildman–Crippen MR) is 131 cm³/mol. The number of alkyl halides is 3. The van der Waals surface area contributed by atoms with Gasteiger partial charge in [-0.15, -0.1) is 0 Å². The minimum absolute atomic E-state index is 0.292. The highest BCUT2D eigenvalue weighted by atomic mass is 32.1. The van der Waals surface area contributed by atoms with Crippen LogP contribution in [0.15, 0.2) is 67.3 Å². The maximum absolute atomic E-state index is 13.1. The summed E-state index contributed by atoms with van der Waals surface area (Å²) >= 11 is 4.79. The lowest BCUT2D eigenvalue weighted by Crippen LogP contribution is -2.35. The number of pyridine rings is 1. The van der Waals surface area contributed by atoms with Gasteiger partial charge in [0.05, 0.1) is 41.6 Å². The Hall–Kier alpha value is -2.88. The average molecular weight is 499 g/mol. The summed E-state index contributed by atoms with van der Waals surface area (Å²) in [5.74, 6) is 0. The van der Waals surface area contributed by atoms with E-state index in [-0.39, 0.29) is 5.25 Å². The SMILES string of the molecule is FC(F)(F)c1ccc2c(C(S)c3ccc(Cn4cnc(CN5CCOCC5)c4)cc3)ccnc2c1. The summed E-state index contributed by atoms with van der Waals surface area (Å²) in [4.78, 5) is 11.0. The minimum Gasteiger partial charge on any atom is -0.379 e. The van der Waals surface area contributed by atoms with Gasteiger partial charge in [-0.25, -0.2) is 4.98 Å². The van der Waals surface area contributed by atoms with E-state index >= 15 is 0 Å². The van der Waals surface area contributed by atoms with E-state index in [4.69, 9.17) is 17.4 Å². The second-order valence-corrected chi connectivity index (χ2v) is 9.22. The Morgan fingerprint density at radius 2 is 1.74 bits per heavy atom. The van der Waals surface area contributed by atoms with Crippen molar-refractivity contribution in [2.75, 3.05) is 26.3 Å². The Balaban J connectivity index is 1.29. The zero-order chi connectivity index (χ0) is 24.4. The summed E-state index contributed by atoms with van der Waals surface area (Å²) < 4.78 is 46.7. The van der Waals surface area contributed by atoms with E-state index < -0.39 is 11.7 Å². The summed E-state index contributed by atoms with van der Waals surface area (Å²) in [6, 6.07) is 13.6. The predicted octanol–water partition coefficient (Wildman–Crippen LogP) is 5.35. The topological polar surface area (TPSA) is 43.2 Å². The van der Waals surface area contributed by atoms with Gasteiger partial charge in [0.15, 0.2) is 0 Å². The molecule has 5 nitrogen and oxygen atoms in total. The lowest BCUT2D eigenvalue weighted by atomic mass is 9.98. The molecule has 9 heteroatoms. The fraction of sp³-hybridized carbons (Fsp3) is 0.308. The number of thiol groups is 1. The van der Waals surface area contributed by atoms with Gasteiger partial charge in [-0.3, -0.25) is 9.88 Å². The fourth-order valence-electron chi connectivity index (χ4n) is 4.34. The van der Waals surface area contributed by atoms with Crippen molar-refractivity contribution in [3.8, 4) is 0 Å². The molecule has 1 aliphatic heterocycles. The highest BCUT2D eigenvalue weighted by Crippen LogP contribution is 2.36. The van der Waals surface area contributed by atoms with Gasteiger partial charge >= 0.3 is 6.18 Å². The fourth-order valence-corrected chi connectivity index (χ4v) is 4.74. The van der Waals surface area contributed by atoms with E-state index in [9.17, 15) is 13.2 Å². The van der Waals surface area contributed by atoms with Crippen LogP contribution in [0.1, 0.15) is 33.2 Å². The average Bonchev–Trinajstić information content (AvgIpc) is 3.30. The lowest BCUT2D eigenvalue weighted by Gasteiger charge is -2.25. The van der Waals surface area contributed by atoms with Crippen LogP contribution in [0.4, 0.5) is 13.2 Å². The standard InChI is InChI=1S/C26H25F3N4OS/c27-26(28,29)20-5-6-22-23(7-8-30-24(22)13-20)25(35)19-3-1-18(2-4-19)14-33-16-21(31-17-33)15-32-9-11-34-12-10-32/h1-8,13,16-17,25,35H,9-12,14-15H2. The Kier molecular flexibility index (Phi) is 6.82. The van der Waals surface area contributed by atoms with E-state index in [1.54, 1.807) is 0 Å². The van der Waals surface area contributed by atoms with E-state index in [1.807, 2.05) is 36.7 Å². The molecule has 0 N–H and O–H groups in total. The number of benzene rings is 2. The quantitative estimate of drug-likeness (QED) is 0.364. The minimum atomic E-state index is -4.40.